The van der Waals surface area contributed by atoms with Crippen molar-refractivity contribution in [2.45, 2.75) is 108 Å². The molecule has 0 heterocycles. The van der Waals surface area contributed by atoms with Gasteiger partial charge in [0.1, 0.15) is 5.25 Å². The number of aliphatic hydroxyl groups excluding tert-OH is 2. The molecule has 0 fully saturated rings. The average molecular weight is 413 g/mol. The summed E-state index contributed by atoms with van der Waals surface area (Å²) in [5, 5.41) is 27.0. The van der Waals surface area contributed by atoms with Gasteiger partial charge in [0, 0.05) is 6.42 Å². The number of aliphatic hydroxyl groups is 2. The van der Waals surface area contributed by atoms with Crippen molar-refractivity contribution in [3.05, 3.63) is 0 Å². The molecule has 0 aromatic rings. The first-order valence-corrected chi connectivity index (χ1v) is 11.4. The Kier molecular flexibility index (Phi) is 14.8. The quantitative estimate of drug-likeness (QED) is 0.124. The molecule has 3 atom stereocenters. The van der Waals surface area contributed by atoms with Crippen LogP contribution < -0.4 is 0 Å². The van der Waals surface area contributed by atoms with E-state index in [1.54, 1.807) is 0 Å². The molecule has 8 nitrogen and oxygen atoms in total. The van der Waals surface area contributed by atoms with Gasteiger partial charge in [-0.15, -0.1) is 0 Å². The Bertz CT molecular complexity index is 480. The number of carbonyl (C=O) groups excluding carboxylic acids is 1. The van der Waals surface area contributed by atoms with Crippen LogP contribution in [0, 0.1) is 0 Å². The summed E-state index contributed by atoms with van der Waals surface area (Å²) in [6.07, 6.45) is 5.85. The molecule has 9 heteroatoms. The van der Waals surface area contributed by atoms with E-state index in [1.807, 2.05) is 0 Å². The summed E-state index contributed by atoms with van der Waals surface area (Å²) >= 11 is 0. The first kappa shape index (κ1) is 26.3. The van der Waals surface area contributed by atoms with E-state index in [1.165, 1.54) is 0 Å². The molecule has 0 radical (unpaired) electrons. The SMILES string of the molecule is CCCCCCCCC(O)C(O)C(CCCCCCC(=O)OO)S(=O)(=O)O. The summed E-state index contributed by atoms with van der Waals surface area (Å²) in [5.74, 6) is -0.723. The Balaban J connectivity index is 4.24. The van der Waals surface area contributed by atoms with Gasteiger partial charge in [-0.2, -0.15) is 13.7 Å². The van der Waals surface area contributed by atoms with Crippen LogP contribution in [0.5, 0.6) is 0 Å². The Morgan fingerprint density at radius 2 is 1.41 bits per heavy atom. The van der Waals surface area contributed by atoms with Crippen molar-refractivity contribution in [2.75, 3.05) is 0 Å². The predicted molar refractivity (Wildman–Crippen MR) is 102 cm³/mol. The van der Waals surface area contributed by atoms with Crippen LogP contribution in [0.2, 0.25) is 0 Å². The van der Waals surface area contributed by atoms with E-state index < -0.39 is 33.5 Å². The molecular formula is C18H36O8S. The van der Waals surface area contributed by atoms with Gasteiger partial charge in [0.05, 0.1) is 12.2 Å². The second-order valence-electron chi connectivity index (χ2n) is 7.08. The van der Waals surface area contributed by atoms with Gasteiger partial charge in [-0.05, 0) is 19.3 Å². The van der Waals surface area contributed by atoms with E-state index >= 15 is 0 Å². The van der Waals surface area contributed by atoms with Crippen LogP contribution in [-0.2, 0) is 19.8 Å². The minimum absolute atomic E-state index is 0.0258. The lowest BCUT2D eigenvalue weighted by Crippen LogP contribution is -2.42. The van der Waals surface area contributed by atoms with E-state index in [9.17, 15) is 28.0 Å². The van der Waals surface area contributed by atoms with Crippen molar-refractivity contribution in [1.82, 2.24) is 0 Å². The molecule has 4 N–H and O–H groups in total. The highest BCUT2D eigenvalue weighted by atomic mass is 32.2. The highest BCUT2D eigenvalue weighted by Crippen LogP contribution is 2.20. The minimum Gasteiger partial charge on any atom is -0.390 e. The number of carbonyl (C=O) groups is 1. The monoisotopic (exact) mass is 412 g/mol. The van der Waals surface area contributed by atoms with E-state index in [0.29, 0.717) is 38.5 Å². The van der Waals surface area contributed by atoms with Crippen LogP contribution >= 0.6 is 0 Å². The van der Waals surface area contributed by atoms with Gasteiger partial charge in [-0.3, -0.25) is 4.55 Å². The van der Waals surface area contributed by atoms with Crippen LogP contribution in [0.15, 0.2) is 0 Å². The normalized spacial score (nSPS) is 15.3. The maximum absolute atomic E-state index is 11.6. The zero-order valence-corrected chi connectivity index (χ0v) is 17.1. The van der Waals surface area contributed by atoms with Crippen LogP contribution in [0.1, 0.15) is 90.4 Å². The molecule has 0 bridgehead atoms. The second-order valence-corrected chi connectivity index (χ2v) is 8.72. The van der Waals surface area contributed by atoms with Gasteiger partial charge in [0.15, 0.2) is 0 Å². The summed E-state index contributed by atoms with van der Waals surface area (Å²) in [7, 11) is -4.48. The largest absolute Gasteiger partial charge is 0.390 e. The van der Waals surface area contributed by atoms with Crippen molar-refractivity contribution in [1.29, 1.82) is 0 Å². The lowest BCUT2D eigenvalue weighted by molar-refractivity contribution is -0.234. The molecule has 0 spiro atoms. The van der Waals surface area contributed by atoms with Crippen molar-refractivity contribution in [3.63, 3.8) is 0 Å². The molecule has 0 rings (SSSR count). The fraction of sp³-hybridized carbons (Fsp3) is 0.944. The highest BCUT2D eigenvalue weighted by molar-refractivity contribution is 7.86. The summed E-state index contributed by atoms with van der Waals surface area (Å²) in [6.45, 7) is 2.12. The Hall–Kier alpha value is -0.740. The van der Waals surface area contributed by atoms with Crippen LogP contribution in [0.25, 0.3) is 0 Å². The van der Waals surface area contributed by atoms with Gasteiger partial charge >= 0.3 is 5.97 Å². The van der Waals surface area contributed by atoms with Crippen molar-refractivity contribution in [3.8, 4) is 0 Å². The first-order chi connectivity index (χ1) is 12.7. The third-order valence-corrected chi connectivity index (χ3v) is 6.01. The summed E-state index contributed by atoms with van der Waals surface area (Å²) < 4.78 is 32.5. The molecule has 0 aromatic carbocycles. The first-order valence-electron chi connectivity index (χ1n) is 9.90. The Labute approximate surface area is 162 Å². The van der Waals surface area contributed by atoms with Crippen molar-refractivity contribution in [2.24, 2.45) is 0 Å². The average Bonchev–Trinajstić information content (AvgIpc) is 2.61. The Morgan fingerprint density at radius 1 is 0.889 bits per heavy atom. The van der Waals surface area contributed by atoms with Crippen LogP contribution in [0.4, 0.5) is 0 Å². The van der Waals surface area contributed by atoms with Gasteiger partial charge in [-0.25, -0.2) is 4.79 Å². The molecule has 3 unspecified atom stereocenters. The van der Waals surface area contributed by atoms with Gasteiger partial charge in [0.25, 0.3) is 10.1 Å². The third kappa shape index (κ3) is 13.1. The van der Waals surface area contributed by atoms with Gasteiger partial charge in [0.2, 0.25) is 0 Å². The summed E-state index contributed by atoms with van der Waals surface area (Å²) in [4.78, 5) is 14.3. The predicted octanol–water partition coefficient (Wildman–Crippen LogP) is 3.07. The van der Waals surface area contributed by atoms with E-state index in [-0.39, 0.29) is 12.8 Å². The van der Waals surface area contributed by atoms with E-state index in [2.05, 4.69) is 11.8 Å². The molecule has 0 aliphatic heterocycles. The van der Waals surface area contributed by atoms with Gasteiger partial charge in [-0.1, -0.05) is 64.7 Å². The van der Waals surface area contributed by atoms with Crippen LogP contribution in [-0.4, -0.2) is 51.9 Å². The second kappa shape index (κ2) is 15.2. The summed E-state index contributed by atoms with van der Waals surface area (Å²) in [6, 6.07) is 0. The zero-order chi connectivity index (χ0) is 20.7. The van der Waals surface area contributed by atoms with Crippen molar-refractivity contribution < 1.29 is 38.1 Å². The third-order valence-electron chi connectivity index (χ3n) is 4.73. The fourth-order valence-electron chi connectivity index (χ4n) is 3.06. The molecule has 162 valence electrons. The maximum atomic E-state index is 11.6. The number of hydrogen-bond acceptors (Lipinski definition) is 7. The van der Waals surface area contributed by atoms with E-state index in [0.717, 1.165) is 32.1 Å². The zero-order valence-electron chi connectivity index (χ0n) is 16.3. The molecule has 27 heavy (non-hydrogen) atoms. The molecular weight excluding hydrogens is 376 g/mol. The Morgan fingerprint density at radius 3 is 1.96 bits per heavy atom. The molecule has 0 aromatic heterocycles. The van der Waals surface area contributed by atoms with Crippen molar-refractivity contribution >= 4 is 16.1 Å². The topological polar surface area (TPSA) is 141 Å². The smallest absolute Gasteiger partial charge is 0.342 e. The minimum atomic E-state index is -4.48. The number of hydrogen-bond donors (Lipinski definition) is 4. The van der Waals surface area contributed by atoms with Crippen LogP contribution in [0.3, 0.4) is 0 Å². The molecule has 0 amide bonds. The maximum Gasteiger partial charge on any atom is 0.342 e. The highest BCUT2D eigenvalue weighted by Gasteiger charge is 2.34. The molecule has 0 saturated heterocycles. The standard InChI is InChI=1S/C18H36O8S/c1-2-3-4-5-6-9-12-15(19)18(21)16(27(23,24)25)13-10-7-8-11-14-17(20)26-22/h15-16,18-19,21-22H,2-14H2,1H3,(H,23,24,25). The lowest BCUT2D eigenvalue weighted by atomic mass is 9.99. The molecule has 0 aliphatic carbocycles. The number of rotatable bonds is 17. The van der Waals surface area contributed by atoms with E-state index in [4.69, 9.17) is 5.26 Å². The van der Waals surface area contributed by atoms with Gasteiger partial charge < -0.3 is 15.1 Å². The molecule has 0 aliphatic rings. The summed E-state index contributed by atoms with van der Waals surface area (Å²) in [5.41, 5.74) is 0. The fourth-order valence-corrected chi connectivity index (χ4v) is 4.06. The molecule has 0 saturated carbocycles. The number of unbranched alkanes of at least 4 members (excludes halogenated alkanes) is 8. The lowest BCUT2D eigenvalue weighted by Gasteiger charge is -2.24.